The van der Waals surface area contributed by atoms with E-state index >= 15 is 0 Å². The number of rotatable bonds is 6. The van der Waals surface area contributed by atoms with Gasteiger partial charge in [-0.05, 0) is 48.5 Å². The molecule has 0 fully saturated rings. The molecular formula is C15H17BrN2O2S. The van der Waals surface area contributed by atoms with Gasteiger partial charge in [-0.2, -0.15) is 0 Å². The molecule has 112 valence electrons. The van der Waals surface area contributed by atoms with Gasteiger partial charge in [-0.25, -0.2) is 8.42 Å². The van der Waals surface area contributed by atoms with E-state index in [0.717, 1.165) is 16.6 Å². The van der Waals surface area contributed by atoms with Gasteiger partial charge in [-0.3, -0.25) is 4.72 Å². The van der Waals surface area contributed by atoms with E-state index in [-0.39, 0.29) is 4.90 Å². The van der Waals surface area contributed by atoms with Gasteiger partial charge in [0, 0.05) is 16.7 Å². The fraction of sp³-hybridized carbons (Fsp3) is 0.200. The van der Waals surface area contributed by atoms with Crippen LogP contribution in [0.3, 0.4) is 0 Å². The molecule has 0 bridgehead atoms. The van der Waals surface area contributed by atoms with Gasteiger partial charge in [-0.15, -0.1) is 0 Å². The topological polar surface area (TPSA) is 58.2 Å². The maximum atomic E-state index is 12.4. The summed E-state index contributed by atoms with van der Waals surface area (Å²) in [5.41, 5.74) is 1.48. The molecule has 4 nitrogen and oxygen atoms in total. The summed E-state index contributed by atoms with van der Waals surface area (Å²) in [4.78, 5) is 0.265. The van der Waals surface area contributed by atoms with Crippen molar-refractivity contribution in [2.75, 3.05) is 11.3 Å². The molecule has 0 radical (unpaired) electrons. The normalized spacial score (nSPS) is 11.3. The van der Waals surface area contributed by atoms with E-state index in [2.05, 4.69) is 26.0 Å². The molecule has 0 atom stereocenters. The molecule has 2 aromatic carbocycles. The molecule has 2 N–H and O–H groups in total. The number of sulfonamides is 1. The van der Waals surface area contributed by atoms with E-state index in [1.165, 1.54) is 0 Å². The molecule has 0 aliphatic heterocycles. The highest BCUT2D eigenvalue weighted by Crippen LogP contribution is 2.19. The van der Waals surface area contributed by atoms with Crippen molar-refractivity contribution in [1.82, 2.24) is 5.32 Å². The lowest BCUT2D eigenvalue weighted by Crippen LogP contribution is -2.15. The van der Waals surface area contributed by atoms with Crippen LogP contribution in [0.2, 0.25) is 0 Å². The third-order valence-electron chi connectivity index (χ3n) is 2.88. The second-order valence-corrected chi connectivity index (χ2v) is 7.14. The first-order valence-electron chi connectivity index (χ1n) is 6.59. The molecule has 21 heavy (non-hydrogen) atoms. The Balaban J connectivity index is 2.20. The zero-order chi connectivity index (χ0) is 15.3. The van der Waals surface area contributed by atoms with Crippen molar-refractivity contribution in [2.24, 2.45) is 0 Å². The molecule has 0 aliphatic rings. The molecule has 2 aromatic rings. The third kappa shape index (κ3) is 4.56. The van der Waals surface area contributed by atoms with Crippen molar-refractivity contribution in [1.29, 1.82) is 0 Å². The van der Waals surface area contributed by atoms with E-state index < -0.39 is 10.0 Å². The van der Waals surface area contributed by atoms with E-state index in [4.69, 9.17) is 0 Å². The van der Waals surface area contributed by atoms with E-state index in [9.17, 15) is 8.42 Å². The first-order valence-corrected chi connectivity index (χ1v) is 8.87. The summed E-state index contributed by atoms with van der Waals surface area (Å²) in [7, 11) is -3.57. The summed E-state index contributed by atoms with van der Waals surface area (Å²) >= 11 is 3.32. The van der Waals surface area contributed by atoms with Crippen LogP contribution in [-0.2, 0) is 16.6 Å². The minimum absolute atomic E-state index is 0.265. The standard InChI is InChI=1S/C15H17BrN2O2S/c1-2-17-11-12-4-3-5-15(10-12)21(19,20)18-14-8-6-13(16)7-9-14/h3-10,17-18H,2,11H2,1H3. The van der Waals surface area contributed by atoms with Crippen LogP contribution in [0.5, 0.6) is 0 Å². The Bertz CT molecular complexity index is 700. The van der Waals surface area contributed by atoms with Crippen molar-refractivity contribution >= 4 is 31.6 Å². The quantitative estimate of drug-likeness (QED) is 0.821. The number of halogens is 1. The van der Waals surface area contributed by atoms with Crippen molar-refractivity contribution in [2.45, 2.75) is 18.4 Å². The zero-order valence-corrected chi connectivity index (χ0v) is 14.0. The monoisotopic (exact) mass is 368 g/mol. The van der Waals surface area contributed by atoms with Crippen LogP contribution in [0, 0.1) is 0 Å². The molecule has 0 saturated heterocycles. The summed E-state index contributed by atoms with van der Waals surface area (Å²) in [5.74, 6) is 0. The van der Waals surface area contributed by atoms with E-state index in [1.54, 1.807) is 42.5 Å². The molecule has 0 saturated carbocycles. The third-order valence-corrected chi connectivity index (χ3v) is 4.79. The highest BCUT2D eigenvalue weighted by Gasteiger charge is 2.14. The molecule has 0 aromatic heterocycles. The molecule has 0 spiro atoms. The smallest absolute Gasteiger partial charge is 0.261 e. The molecule has 2 rings (SSSR count). The van der Waals surface area contributed by atoms with Crippen LogP contribution in [0.25, 0.3) is 0 Å². The lowest BCUT2D eigenvalue weighted by Gasteiger charge is -2.10. The largest absolute Gasteiger partial charge is 0.313 e. The van der Waals surface area contributed by atoms with Gasteiger partial charge < -0.3 is 5.32 Å². The Morgan fingerprint density at radius 3 is 2.48 bits per heavy atom. The van der Waals surface area contributed by atoms with E-state index in [0.29, 0.717) is 12.2 Å². The van der Waals surface area contributed by atoms with Gasteiger partial charge in [0.15, 0.2) is 0 Å². The molecule has 0 amide bonds. The highest BCUT2D eigenvalue weighted by molar-refractivity contribution is 9.10. The van der Waals surface area contributed by atoms with Crippen molar-refractivity contribution in [3.05, 3.63) is 58.6 Å². The van der Waals surface area contributed by atoms with Gasteiger partial charge >= 0.3 is 0 Å². The summed E-state index contributed by atoms with van der Waals surface area (Å²) in [5, 5.41) is 3.18. The van der Waals surface area contributed by atoms with Crippen LogP contribution in [-0.4, -0.2) is 15.0 Å². The average Bonchev–Trinajstić information content (AvgIpc) is 2.48. The Morgan fingerprint density at radius 1 is 1.10 bits per heavy atom. The number of hydrogen-bond donors (Lipinski definition) is 2. The van der Waals surface area contributed by atoms with Gasteiger partial charge in [-0.1, -0.05) is 35.0 Å². The maximum Gasteiger partial charge on any atom is 0.261 e. The summed E-state index contributed by atoms with van der Waals surface area (Å²) in [6.07, 6.45) is 0. The number of hydrogen-bond acceptors (Lipinski definition) is 3. The molecular weight excluding hydrogens is 352 g/mol. The SMILES string of the molecule is CCNCc1cccc(S(=O)(=O)Nc2ccc(Br)cc2)c1. The predicted octanol–water partition coefficient (Wildman–Crippen LogP) is 3.36. The van der Waals surface area contributed by atoms with Crippen LogP contribution in [0.15, 0.2) is 57.9 Å². The number of benzene rings is 2. The lowest BCUT2D eigenvalue weighted by atomic mass is 10.2. The highest BCUT2D eigenvalue weighted by atomic mass is 79.9. The zero-order valence-electron chi connectivity index (χ0n) is 11.6. The first-order chi connectivity index (χ1) is 10.0. The van der Waals surface area contributed by atoms with Crippen LogP contribution < -0.4 is 10.0 Å². The minimum atomic E-state index is -3.57. The molecule has 0 aliphatic carbocycles. The summed E-state index contributed by atoms with van der Waals surface area (Å²) < 4.78 is 28.2. The van der Waals surface area contributed by atoms with Crippen LogP contribution >= 0.6 is 15.9 Å². The van der Waals surface area contributed by atoms with Crippen molar-refractivity contribution < 1.29 is 8.42 Å². The van der Waals surface area contributed by atoms with Gasteiger partial charge in [0.05, 0.1) is 4.90 Å². The summed E-state index contributed by atoms with van der Waals surface area (Å²) in [6, 6.07) is 13.9. The number of anilines is 1. The fourth-order valence-corrected chi connectivity index (χ4v) is 3.22. The average molecular weight is 369 g/mol. The van der Waals surface area contributed by atoms with Gasteiger partial charge in [0.1, 0.15) is 0 Å². The van der Waals surface area contributed by atoms with Gasteiger partial charge in [0.25, 0.3) is 10.0 Å². The Hall–Kier alpha value is -1.37. The first kappa shape index (κ1) is 16.0. The number of nitrogens with one attached hydrogen (secondary N) is 2. The molecule has 0 unspecified atom stereocenters. The second-order valence-electron chi connectivity index (χ2n) is 4.54. The Morgan fingerprint density at radius 2 is 1.81 bits per heavy atom. The predicted molar refractivity (Wildman–Crippen MR) is 88.8 cm³/mol. The second kappa shape index (κ2) is 7.06. The lowest BCUT2D eigenvalue weighted by molar-refractivity contribution is 0.601. The van der Waals surface area contributed by atoms with Crippen molar-refractivity contribution in [3.8, 4) is 0 Å². The molecule has 6 heteroatoms. The van der Waals surface area contributed by atoms with Crippen LogP contribution in [0.1, 0.15) is 12.5 Å². The Kier molecular flexibility index (Phi) is 5.39. The maximum absolute atomic E-state index is 12.4. The fourth-order valence-electron chi connectivity index (χ4n) is 1.82. The molecule has 0 heterocycles. The minimum Gasteiger partial charge on any atom is -0.313 e. The van der Waals surface area contributed by atoms with Crippen LogP contribution in [0.4, 0.5) is 5.69 Å². The Labute approximate surface area is 133 Å². The van der Waals surface area contributed by atoms with Gasteiger partial charge in [0.2, 0.25) is 0 Å². The van der Waals surface area contributed by atoms with E-state index in [1.807, 2.05) is 13.0 Å². The summed E-state index contributed by atoms with van der Waals surface area (Å²) in [6.45, 7) is 3.50. The van der Waals surface area contributed by atoms with Crippen molar-refractivity contribution in [3.63, 3.8) is 0 Å².